The van der Waals surface area contributed by atoms with Crippen LogP contribution in [0.5, 0.6) is 0 Å². The first kappa shape index (κ1) is 15.1. The highest BCUT2D eigenvalue weighted by atomic mass is 16.6. The molecule has 0 spiro atoms. The molecule has 0 aromatic heterocycles. The van der Waals surface area contributed by atoms with Crippen LogP contribution in [-0.2, 0) is 0 Å². The van der Waals surface area contributed by atoms with Gasteiger partial charge in [0.2, 0.25) is 0 Å². The second kappa shape index (κ2) is 5.60. The summed E-state index contributed by atoms with van der Waals surface area (Å²) in [6.45, 7) is 4.99. The summed E-state index contributed by atoms with van der Waals surface area (Å²) in [5.74, 6) is -1.29. The maximum Gasteiger partial charge on any atom is 0.292 e. The van der Waals surface area contributed by atoms with E-state index in [1.807, 2.05) is 0 Å². The number of nitrogen functional groups attached to an aromatic ring is 1. The van der Waals surface area contributed by atoms with Gasteiger partial charge in [0.05, 0.1) is 27.9 Å². The summed E-state index contributed by atoms with van der Waals surface area (Å²) in [7, 11) is 0. The highest BCUT2D eigenvalue weighted by Gasteiger charge is 2.39. The van der Waals surface area contributed by atoms with Gasteiger partial charge in [0.25, 0.3) is 17.5 Å². The van der Waals surface area contributed by atoms with Crippen molar-refractivity contribution in [2.24, 2.45) is 4.99 Å². The molecule has 1 aliphatic heterocycles. The van der Waals surface area contributed by atoms with Gasteiger partial charge in [-0.15, -0.1) is 0 Å². The molecule has 1 aliphatic rings. The number of amides is 2. The van der Waals surface area contributed by atoms with Gasteiger partial charge >= 0.3 is 0 Å². The zero-order chi connectivity index (χ0) is 16.4. The average molecular weight is 300 g/mol. The van der Waals surface area contributed by atoms with E-state index < -0.39 is 22.4 Å². The number of benzene rings is 1. The first-order valence-corrected chi connectivity index (χ1v) is 6.17. The van der Waals surface area contributed by atoms with Crippen molar-refractivity contribution < 1.29 is 14.5 Å². The minimum Gasteiger partial charge on any atom is -0.393 e. The summed E-state index contributed by atoms with van der Waals surface area (Å²) >= 11 is 0. The Labute approximate surface area is 125 Å². The monoisotopic (exact) mass is 300 g/mol. The van der Waals surface area contributed by atoms with Gasteiger partial charge in [-0.1, -0.05) is 6.08 Å². The van der Waals surface area contributed by atoms with Crippen molar-refractivity contribution in [3.63, 3.8) is 0 Å². The molecule has 112 valence electrons. The van der Waals surface area contributed by atoms with E-state index in [1.54, 1.807) is 13.0 Å². The van der Waals surface area contributed by atoms with Crippen LogP contribution in [0.1, 0.15) is 27.6 Å². The van der Waals surface area contributed by atoms with Crippen molar-refractivity contribution in [2.45, 2.75) is 6.92 Å². The van der Waals surface area contributed by atoms with E-state index in [0.717, 1.165) is 17.0 Å². The third kappa shape index (κ3) is 2.26. The third-order valence-electron chi connectivity index (χ3n) is 3.05. The van der Waals surface area contributed by atoms with Gasteiger partial charge in [-0.2, -0.15) is 0 Å². The van der Waals surface area contributed by atoms with Crippen LogP contribution < -0.4 is 5.73 Å². The molecule has 0 saturated carbocycles. The third-order valence-corrected chi connectivity index (χ3v) is 3.05. The molecule has 1 aromatic rings. The van der Waals surface area contributed by atoms with Crippen molar-refractivity contribution in [2.75, 3.05) is 5.73 Å². The van der Waals surface area contributed by atoms with E-state index in [1.165, 1.54) is 12.3 Å². The number of carbonyl (C=O) groups is 2. The minimum absolute atomic E-state index is 0.0209. The predicted octanol–water partition coefficient (Wildman–Crippen LogP) is 1.89. The van der Waals surface area contributed by atoms with E-state index in [-0.39, 0.29) is 22.5 Å². The quantitative estimate of drug-likeness (QED) is 0.227. The number of nitrogens with two attached hydrogens (primary N) is 1. The molecular formula is C14H12N4O4. The van der Waals surface area contributed by atoms with E-state index >= 15 is 0 Å². The SMILES string of the molecule is C=N/C=C(\C=C/C)N1C(=O)c2cc(N)c([N+](=O)[O-])cc2C1=O. The fourth-order valence-electron chi connectivity index (χ4n) is 2.12. The standard InChI is InChI=1S/C14H12N4O4/c1-3-4-8(7-16-2)17-13(19)9-5-11(15)12(18(21)22)6-10(9)14(17)20/h3-7H,2,15H2,1H3/b4-3-,8-7+. The maximum atomic E-state index is 12.4. The number of aliphatic imine (C=N–C) groups is 1. The van der Waals surface area contributed by atoms with Crippen molar-refractivity contribution in [3.05, 3.63) is 57.4 Å². The van der Waals surface area contributed by atoms with Crippen molar-refractivity contribution in [1.29, 1.82) is 0 Å². The fraction of sp³-hybridized carbons (Fsp3) is 0.0714. The van der Waals surface area contributed by atoms with Gasteiger partial charge < -0.3 is 5.73 Å². The lowest BCUT2D eigenvalue weighted by Gasteiger charge is -2.13. The van der Waals surface area contributed by atoms with E-state index in [2.05, 4.69) is 11.7 Å². The predicted molar refractivity (Wildman–Crippen MR) is 80.5 cm³/mol. The highest BCUT2D eigenvalue weighted by Crippen LogP contribution is 2.33. The average Bonchev–Trinajstić information content (AvgIpc) is 2.69. The number of nitrogens with zero attached hydrogens (tertiary/aromatic N) is 3. The Morgan fingerprint density at radius 2 is 1.95 bits per heavy atom. The lowest BCUT2D eigenvalue weighted by Crippen LogP contribution is -2.28. The molecule has 1 heterocycles. The Morgan fingerprint density at radius 1 is 1.36 bits per heavy atom. The number of hydrogen-bond donors (Lipinski definition) is 1. The zero-order valence-corrected chi connectivity index (χ0v) is 11.6. The largest absolute Gasteiger partial charge is 0.393 e. The van der Waals surface area contributed by atoms with Crippen LogP contribution in [0.15, 0.2) is 41.2 Å². The maximum absolute atomic E-state index is 12.4. The number of hydrogen-bond acceptors (Lipinski definition) is 6. The topological polar surface area (TPSA) is 119 Å². The number of carbonyl (C=O) groups excluding carboxylic acids is 2. The molecule has 2 rings (SSSR count). The van der Waals surface area contributed by atoms with Crippen molar-refractivity contribution >= 4 is 29.9 Å². The van der Waals surface area contributed by atoms with Crippen LogP contribution in [0.2, 0.25) is 0 Å². The van der Waals surface area contributed by atoms with Crippen LogP contribution in [0, 0.1) is 10.1 Å². The molecule has 1 aromatic carbocycles. The zero-order valence-electron chi connectivity index (χ0n) is 11.6. The number of anilines is 1. The molecule has 8 nitrogen and oxygen atoms in total. The number of nitro groups is 1. The Bertz CT molecular complexity index is 764. The fourth-order valence-corrected chi connectivity index (χ4v) is 2.12. The van der Waals surface area contributed by atoms with Crippen LogP contribution in [0.25, 0.3) is 0 Å². The molecule has 2 amide bonds. The molecule has 0 atom stereocenters. The van der Waals surface area contributed by atoms with E-state index in [0.29, 0.717) is 0 Å². The Kier molecular flexibility index (Phi) is 3.85. The summed E-state index contributed by atoms with van der Waals surface area (Å²) in [6.07, 6.45) is 4.38. The molecule has 0 aliphatic carbocycles. The second-order valence-electron chi connectivity index (χ2n) is 4.40. The molecule has 0 fully saturated rings. The van der Waals surface area contributed by atoms with E-state index in [9.17, 15) is 19.7 Å². The van der Waals surface area contributed by atoms with Gasteiger partial charge in [-0.05, 0) is 25.8 Å². The molecule has 0 bridgehead atoms. The Balaban J connectivity index is 2.60. The van der Waals surface area contributed by atoms with Gasteiger partial charge in [0.15, 0.2) is 0 Å². The number of fused-ring (bicyclic) bond motifs is 1. The van der Waals surface area contributed by atoms with Crippen LogP contribution in [0.3, 0.4) is 0 Å². The first-order chi connectivity index (χ1) is 10.4. The normalized spacial score (nSPS) is 14.6. The van der Waals surface area contributed by atoms with Gasteiger partial charge in [0.1, 0.15) is 5.69 Å². The Hall–Kier alpha value is -3.29. The van der Waals surface area contributed by atoms with Crippen LogP contribution in [-0.4, -0.2) is 28.4 Å². The molecule has 22 heavy (non-hydrogen) atoms. The van der Waals surface area contributed by atoms with Gasteiger partial charge in [-0.25, -0.2) is 4.90 Å². The summed E-state index contributed by atoms with van der Waals surface area (Å²) in [6, 6.07) is 2.15. The lowest BCUT2D eigenvalue weighted by molar-refractivity contribution is -0.383. The second-order valence-corrected chi connectivity index (χ2v) is 4.40. The number of rotatable bonds is 4. The molecule has 0 saturated heterocycles. The summed E-state index contributed by atoms with van der Waals surface area (Å²) < 4.78 is 0. The Morgan fingerprint density at radius 3 is 2.45 bits per heavy atom. The van der Waals surface area contributed by atoms with E-state index in [4.69, 9.17) is 5.73 Å². The van der Waals surface area contributed by atoms with Crippen molar-refractivity contribution in [1.82, 2.24) is 4.90 Å². The van der Waals surface area contributed by atoms with Crippen LogP contribution in [0.4, 0.5) is 11.4 Å². The molecule has 0 radical (unpaired) electrons. The number of nitro benzene ring substituents is 1. The minimum atomic E-state index is -0.704. The summed E-state index contributed by atoms with van der Waals surface area (Å²) in [5, 5.41) is 10.9. The molecular weight excluding hydrogens is 288 g/mol. The molecule has 2 N–H and O–H groups in total. The van der Waals surface area contributed by atoms with Crippen LogP contribution >= 0.6 is 0 Å². The first-order valence-electron chi connectivity index (χ1n) is 6.17. The lowest BCUT2D eigenvalue weighted by atomic mass is 10.1. The summed E-state index contributed by atoms with van der Waals surface area (Å²) in [4.78, 5) is 39.4. The number of allylic oxidation sites excluding steroid dienone is 2. The highest BCUT2D eigenvalue weighted by molar-refractivity contribution is 6.23. The molecule has 0 unspecified atom stereocenters. The van der Waals surface area contributed by atoms with Crippen molar-refractivity contribution in [3.8, 4) is 0 Å². The number of imide groups is 1. The summed E-state index contributed by atoms with van der Waals surface area (Å²) in [5.41, 5.74) is 5.14. The van der Waals surface area contributed by atoms with Gasteiger partial charge in [0, 0.05) is 6.07 Å². The van der Waals surface area contributed by atoms with Gasteiger partial charge in [-0.3, -0.25) is 24.7 Å². The molecule has 8 heteroatoms. The smallest absolute Gasteiger partial charge is 0.292 e.